The van der Waals surface area contributed by atoms with Gasteiger partial charge in [-0.3, -0.25) is 9.59 Å². The number of carbonyl (C=O) groups is 2. The molecule has 0 saturated heterocycles. The monoisotopic (exact) mass is 719 g/mol. The average Bonchev–Trinajstić information content (AvgIpc) is 3.48. The van der Waals surface area contributed by atoms with Crippen LogP contribution in [-0.2, 0) is 23.2 Å². The van der Waals surface area contributed by atoms with E-state index in [4.69, 9.17) is 13.6 Å². The second kappa shape index (κ2) is 19.3. The largest absolute Gasteiger partial charge is 0.457 e. The molecule has 274 valence electrons. The van der Waals surface area contributed by atoms with Gasteiger partial charge in [-0.1, -0.05) is 80.9 Å². The minimum absolute atomic E-state index is 0.0428. The normalized spacial score (nSPS) is 27.0. The first-order valence-corrected chi connectivity index (χ1v) is 24.8. The fourth-order valence-corrected chi connectivity index (χ4v) is 13.9. The fourth-order valence-electron chi connectivity index (χ4n) is 7.38. The summed E-state index contributed by atoms with van der Waals surface area (Å²) in [5, 5.41) is 3.04. The van der Waals surface area contributed by atoms with Crippen molar-refractivity contribution < 1.29 is 23.2 Å². The van der Waals surface area contributed by atoms with E-state index in [0.717, 1.165) is 71.8 Å². The van der Waals surface area contributed by atoms with E-state index in [1.54, 1.807) is 11.3 Å². The molecular weight excluding hydrogens is 651 g/mol. The van der Waals surface area contributed by atoms with Crippen LogP contribution in [0.25, 0.3) is 6.08 Å². The van der Waals surface area contributed by atoms with Gasteiger partial charge in [0.15, 0.2) is 16.6 Å². The van der Waals surface area contributed by atoms with Gasteiger partial charge in [0.2, 0.25) is 0 Å². The van der Waals surface area contributed by atoms with Crippen LogP contribution >= 0.6 is 11.3 Å². The van der Waals surface area contributed by atoms with Crippen LogP contribution in [0.4, 0.5) is 0 Å². The molecule has 48 heavy (non-hydrogen) atoms. The van der Waals surface area contributed by atoms with Crippen LogP contribution in [-0.4, -0.2) is 51.7 Å². The first kappa shape index (κ1) is 42.8. The number of rotatable bonds is 12. The summed E-state index contributed by atoms with van der Waals surface area (Å²) in [5.74, 6) is -0.278. The van der Waals surface area contributed by atoms with Crippen molar-refractivity contribution in [2.45, 2.75) is 177 Å². The van der Waals surface area contributed by atoms with Gasteiger partial charge in [-0.15, -0.1) is 11.3 Å². The number of cyclic esters (lactones) is 1. The third kappa shape index (κ3) is 11.3. The third-order valence-electron chi connectivity index (χ3n) is 11.6. The Hall–Kier alpha value is -1.40. The summed E-state index contributed by atoms with van der Waals surface area (Å²) < 4.78 is 20.7. The Bertz CT molecular complexity index is 1220. The minimum Gasteiger partial charge on any atom is -0.457 e. The van der Waals surface area contributed by atoms with Gasteiger partial charge in [0, 0.05) is 23.1 Å². The van der Waals surface area contributed by atoms with Gasteiger partial charge >= 0.3 is 5.97 Å². The number of carbonyl (C=O) groups excluding carboxylic acids is 2. The van der Waals surface area contributed by atoms with Gasteiger partial charge in [0.25, 0.3) is 0 Å². The number of hydrogen-bond donors (Lipinski definition) is 0. The smallest absolute Gasteiger partial charge is 0.309 e. The lowest BCUT2D eigenvalue weighted by molar-refractivity contribution is -0.153. The number of thiazole rings is 1. The molecule has 1 aromatic rings. The molecule has 0 aromatic carbocycles. The number of ether oxygens (including phenoxy) is 1. The van der Waals surface area contributed by atoms with Crippen molar-refractivity contribution in [3.8, 4) is 0 Å². The zero-order valence-electron chi connectivity index (χ0n) is 32.8. The summed E-state index contributed by atoms with van der Waals surface area (Å²) in [6, 6.07) is 5.94. The summed E-state index contributed by atoms with van der Waals surface area (Å²) in [6.07, 6.45) is 6.73. The first-order chi connectivity index (χ1) is 22.6. The number of nitrogens with zero attached hydrogens (tertiary/aromatic N) is 1. The van der Waals surface area contributed by atoms with Crippen molar-refractivity contribution in [2.75, 3.05) is 0 Å². The van der Waals surface area contributed by atoms with E-state index in [1.165, 1.54) is 5.57 Å². The lowest BCUT2D eigenvalue weighted by Crippen LogP contribution is -2.53. The molecule has 1 aliphatic heterocycles. The topological polar surface area (TPSA) is 74.7 Å². The highest BCUT2D eigenvalue weighted by molar-refractivity contribution is 7.09. The van der Waals surface area contributed by atoms with E-state index in [1.807, 2.05) is 39.2 Å². The predicted octanol–water partition coefficient (Wildman–Crippen LogP) is 11.3. The number of Topliss-reactive ketones (excluding diaryl/α,β-unsaturated/α-hetero) is 1. The summed E-state index contributed by atoms with van der Waals surface area (Å²) >= 11 is 1.61. The van der Waals surface area contributed by atoms with Gasteiger partial charge in [0.1, 0.15) is 11.9 Å². The number of aryl methyl sites for hydroxylation is 1. The van der Waals surface area contributed by atoms with Gasteiger partial charge in [-0.25, -0.2) is 4.98 Å². The van der Waals surface area contributed by atoms with Crippen molar-refractivity contribution in [2.24, 2.45) is 17.3 Å². The number of aromatic nitrogens is 1. The van der Waals surface area contributed by atoms with Crippen LogP contribution in [0.15, 0.2) is 22.6 Å². The molecule has 5 atom stereocenters. The van der Waals surface area contributed by atoms with Crippen molar-refractivity contribution >= 4 is 45.8 Å². The number of allylic oxidation sites excluding steroid dienone is 1. The molecule has 0 aliphatic carbocycles. The molecule has 0 radical (unpaired) electrons. The van der Waals surface area contributed by atoms with Crippen LogP contribution in [0.2, 0.25) is 36.3 Å². The van der Waals surface area contributed by atoms with Crippen LogP contribution < -0.4 is 0 Å². The zero-order valence-corrected chi connectivity index (χ0v) is 35.6. The maximum Gasteiger partial charge on any atom is 0.309 e. The highest BCUT2D eigenvalue weighted by Gasteiger charge is 2.48. The molecule has 0 saturated carbocycles. The first-order valence-electron chi connectivity index (χ1n) is 18.9. The minimum atomic E-state index is -2.19. The van der Waals surface area contributed by atoms with E-state index < -0.39 is 34.3 Å². The van der Waals surface area contributed by atoms with Crippen molar-refractivity contribution in [3.63, 3.8) is 0 Å². The van der Waals surface area contributed by atoms with Crippen molar-refractivity contribution in [1.82, 2.24) is 4.98 Å². The molecule has 1 aromatic heterocycles. The van der Waals surface area contributed by atoms with E-state index in [2.05, 4.69) is 73.4 Å². The summed E-state index contributed by atoms with van der Waals surface area (Å²) in [7, 11) is -4.19. The Kier molecular flexibility index (Phi) is 17.2. The molecule has 2 rings (SSSR count). The molecule has 1 aliphatic rings. The average molecular weight is 720 g/mol. The molecule has 9 heteroatoms. The molecule has 6 nitrogen and oxygen atoms in total. The van der Waals surface area contributed by atoms with E-state index in [-0.39, 0.29) is 36.1 Å². The van der Waals surface area contributed by atoms with Crippen LogP contribution in [0.5, 0.6) is 0 Å². The lowest BCUT2D eigenvalue weighted by atomic mass is 9.73. The SMILES string of the molecule is CC[Si](CC)(CC)OC1CC(=O)O[C@H](/C(C)=C/c2csc(C)n2)C/C=C(/C)CCCC(C)[C@H](O[Si](CC)(CC)CC)C(C)C(=O)C1(C)C. The summed E-state index contributed by atoms with van der Waals surface area (Å²) in [5.41, 5.74) is 2.24. The second-order valence-corrected chi connectivity index (χ2v) is 25.6. The Labute approximate surface area is 300 Å². The van der Waals surface area contributed by atoms with Gasteiger partial charge in [-0.05, 0) is 93.9 Å². The quantitative estimate of drug-likeness (QED) is 0.122. The maximum absolute atomic E-state index is 14.9. The predicted molar refractivity (Wildman–Crippen MR) is 208 cm³/mol. The molecule has 2 heterocycles. The fraction of sp³-hybridized carbons (Fsp3) is 0.769. The highest BCUT2D eigenvalue weighted by Crippen LogP contribution is 2.40. The third-order valence-corrected chi connectivity index (χ3v) is 21.7. The van der Waals surface area contributed by atoms with Crippen LogP contribution in [0.1, 0.15) is 126 Å². The van der Waals surface area contributed by atoms with Crippen LogP contribution in [0, 0.1) is 24.2 Å². The van der Waals surface area contributed by atoms with E-state index in [0.29, 0.717) is 6.42 Å². The highest BCUT2D eigenvalue weighted by atomic mass is 32.1. The summed E-state index contributed by atoms with van der Waals surface area (Å²) in [4.78, 5) is 33.5. The zero-order chi connectivity index (χ0) is 36.3. The molecule has 0 fully saturated rings. The number of hydrogen-bond acceptors (Lipinski definition) is 7. The molecule has 0 amide bonds. The number of esters is 1. The van der Waals surface area contributed by atoms with Crippen molar-refractivity contribution in [3.05, 3.63) is 33.3 Å². The molecule has 3 unspecified atom stereocenters. The molecule has 0 N–H and O–H groups in total. The molecule has 0 spiro atoms. The Morgan fingerprint density at radius 3 is 2.06 bits per heavy atom. The van der Waals surface area contributed by atoms with Gasteiger partial charge < -0.3 is 13.6 Å². The van der Waals surface area contributed by atoms with Crippen molar-refractivity contribution in [1.29, 1.82) is 0 Å². The Balaban J connectivity index is 2.66. The Morgan fingerprint density at radius 1 is 0.979 bits per heavy atom. The van der Waals surface area contributed by atoms with E-state index in [9.17, 15) is 9.59 Å². The molecule has 0 bridgehead atoms. The second-order valence-electron chi connectivity index (χ2n) is 15.1. The maximum atomic E-state index is 14.9. The van der Waals surface area contributed by atoms with Gasteiger partial charge in [-0.2, -0.15) is 0 Å². The lowest BCUT2D eigenvalue weighted by Gasteiger charge is -2.44. The van der Waals surface area contributed by atoms with Gasteiger partial charge in [0.05, 0.1) is 29.3 Å². The molecular formula is C39H69NO5SSi2. The summed E-state index contributed by atoms with van der Waals surface area (Å²) in [6.45, 7) is 27.9. The standard InChI is InChI=1S/C39H69NO5SSi2/c1-14-47(15-2,16-3)44-35-26-36(41)43-34(30(9)25-33-27-46-32(11)40-33)24-23-28(7)21-20-22-29(8)37(31(10)38(42)39(35,12)13)45-48(17-4,18-5)19-6/h23,25,27,29,31,34-35,37H,14-22,24,26H2,1-13H3/b28-23-,30-25+/t29?,31?,34-,35?,37-/m0/s1. The van der Waals surface area contributed by atoms with Crippen LogP contribution in [0.3, 0.4) is 0 Å². The number of ketones is 1. The van der Waals surface area contributed by atoms with E-state index >= 15 is 0 Å². The Morgan fingerprint density at radius 2 is 1.54 bits per heavy atom.